The van der Waals surface area contributed by atoms with E-state index in [1.807, 2.05) is 0 Å². The summed E-state index contributed by atoms with van der Waals surface area (Å²) in [5, 5.41) is 0. The summed E-state index contributed by atoms with van der Waals surface area (Å²) in [6, 6.07) is 3.07. The van der Waals surface area contributed by atoms with Crippen LogP contribution in [0, 0.1) is 5.82 Å². The van der Waals surface area contributed by atoms with Crippen molar-refractivity contribution in [1.82, 2.24) is 9.55 Å². The second-order valence-corrected chi connectivity index (χ2v) is 5.20. The Kier molecular flexibility index (Phi) is 4.76. The maximum absolute atomic E-state index is 13.6. The molecule has 104 valence electrons. The van der Waals surface area contributed by atoms with Crippen LogP contribution in [-0.2, 0) is 11.3 Å². The number of nitrogen functional groups attached to an aromatic ring is 1. The third-order valence-electron chi connectivity index (χ3n) is 2.92. The molecule has 4 nitrogen and oxygen atoms in total. The quantitative estimate of drug-likeness (QED) is 0.827. The molecular weight excluding hydrogens is 313 g/mol. The molecule has 0 fully saturated rings. The summed E-state index contributed by atoms with van der Waals surface area (Å²) in [6.07, 6.45) is 2.15. The Morgan fingerprint density at radius 2 is 2.21 bits per heavy atom. The third-order valence-corrected chi connectivity index (χ3v) is 3.53. The molecular formula is C13H17BrFN3O. The first-order valence-corrected chi connectivity index (χ1v) is 7.11. The number of unbranched alkanes of at least 4 members (excludes halogenated alkanes) is 1. The molecule has 1 aromatic heterocycles. The predicted molar refractivity (Wildman–Crippen MR) is 77.5 cm³/mol. The molecule has 0 unspecified atom stereocenters. The van der Waals surface area contributed by atoms with E-state index in [1.54, 1.807) is 10.6 Å². The maximum Gasteiger partial charge on any atom is 0.201 e. The Labute approximate surface area is 119 Å². The Morgan fingerprint density at radius 1 is 1.42 bits per heavy atom. The first kappa shape index (κ1) is 14.3. The van der Waals surface area contributed by atoms with Gasteiger partial charge in [0.2, 0.25) is 5.95 Å². The van der Waals surface area contributed by atoms with Crippen LogP contribution in [0.5, 0.6) is 0 Å². The zero-order chi connectivity index (χ0) is 13.8. The number of aromatic nitrogens is 2. The third kappa shape index (κ3) is 3.25. The number of hydrogen-bond donors (Lipinski definition) is 1. The second kappa shape index (κ2) is 6.34. The van der Waals surface area contributed by atoms with Gasteiger partial charge in [-0.15, -0.1) is 0 Å². The summed E-state index contributed by atoms with van der Waals surface area (Å²) >= 11 is 3.14. The number of benzene rings is 1. The maximum atomic E-state index is 13.6. The summed E-state index contributed by atoms with van der Waals surface area (Å²) in [5.41, 5.74) is 7.22. The van der Waals surface area contributed by atoms with Crippen molar-refractivity contribution in [3.63, 3.8) is 0 Å². The van der Waals surface area contributed by atoms with Crippen molar-refractivity contribution in [2.24, 2.45) is 0 Å². The fourth-order valence-corrected chi connectivity index (χ4v) is 2.21. The fraction of sp³-hybridized carbons (Fsp3) is 0.462. The van der Waals surface area contributed by atoms with E-state index in [0.29, 0.717) is 34.6 Å². The number of hydrogen-bond acceptors (Lipinski definition) is 3. The average Bonchev–Trinajstić information content (AvgIpc) is 2.66. The van der Waals surface area contributed by atoms with Gasteiger partial charge < -0.3 is 15.0 Å². The highest BCUT2D eigenvalue weighted by Gasteiger charge is 2.11. The van der Waals surface area contributed by atoms with Gasteiger partial charge in [0.05, 0.1) is 22.1 Å². The van der Waals surface area contributed by atoms with Crippen LogP contribution in [0.2, 0.25) is 0 Å². The van der Waals surface area contributed by atoms with E-state index < -0.39 is 0 Å². The van der Waals surface area contributed by atoms with Gasteiger partial charge in [0.25, 0.3) is 0 Å². The molecule has 0 aliphatic rings. The Bertz CT molecular complexity index is 571. The summed E-state index contributed by atoms with van der Waals surface area (Å²) < 4.78 is 21.2. The molecule has 0 bridgehead atoms. The van der Waals surface area contributed by atoms with E-state index in [1.165, 1.54) is 6.07 Å². The summed E-state index contributed by atoms with van der Waals surface area (Å²) in [4.78, 5) is 4.22. The number of ether oxygens (including phenoxy) is 1. The monoisotopic (exact) mass is 329 g/mol. The Hall–Kier alpha value is -1.14. The van der Waals surface area contributed by atoms with Crippen LogP contribution in [0.4, 0.5) is 10.3 Å². The molecule has 19 heavy (non-hydrogen) atoms. The molecule has 0 saturated heterocycles. The largest absolute Gasteiger partial charge is 0.380 e. The van der Waals surface area contributed by atoms with Crippen molar-refractivity contribution < 1.29 is 9.13 Å². The lowest BCUT2D eigenvalue weighted by molar-refractivity contribution is 0.124. The van der Waals surface area contributed by atoms with Crippen LogP contribution in [0.25, 0.3) is 11.0 Å². The minimum absolute atomic E-state index is 0.319. The first-order valence-electron chi connectivity index (χ1n) is 6.32. The number of anilines is 1. The van der Waals surface area contributed by atoms with E-state index in [-0.39, 0.29) is 5.82 Å². The van der Waals surface area contributed by atoms with Crippen molar-refractivity contribution in [3.05, 3.63) is 22.4 Å². The number of halogens is 2. The fourth-order valence-electron chi connectivity index (χ4n) is 1.88. The predicted octanol–water partition coefficient (Wildman–Crippen LogP) is 3.34. The summed E-state index contributed by atoms with van der Waals surface area (Å²) in [7, 11) is 0. The van der Waals surface area contributed by atoms with Gasteiger partial charge in [-0.05, 0) is 28.4 Å². The topological polar surface area (TPSA) is 53.1 Å². The van der Waals surface area contributed by atoms with Crippen LogP contribution in [0.3, 0.4) is 0 Å². The van der Waals surface area contributed by atoms with Crippen LogP contribution in [-0.4, -0.2) is 22.8 Å². The first-order chi connectivity index (χ1) is 9.13. The van der Waals surface area contributed by atoms with Crippen molar-refractivity contribution in [3.8, 4) is 0 Å². The molecule has 0 aliphatic heterocycles. The Morgan fingerprint density at radius 3 is 2.95 bits per heavy atom. The van der Waals surface area contributed by atoms with E-state index in [2.05, 4.69) is 27.8 Å². The molecule has 2 aromatic rings. The molecule has 0 atom stereocenters. The lowest BCUT2D eigenvalue weighted by atomic mass is 10.3. The SMILES string of the molecule is CCCCOCCn1c(N)nc2cc(Br)c(F)cc21. The van der Waals surface area contributed by atoms with Crippen LogP contribution < -0.4 is 5.73 Å². The molecule has 0 saturated carbocycles. The van der Waals surface area contributed by atoms with Gasteiger partial charge in [-0.3, -0.25) is 0 Å². The Balaban J connectivity index is 2.13. The normalized spacial score (nSPS) is 11.3. The van der Waals surface area contributed by atoms with Crippen molar-refractivity contribution in [1.29, 1.82) is 0 Å². The molecule has 0 radical (unpaired) electrons. The molecule has 0 amide bonds. The van der Waals surface area contributed by atoms with E-state index in [0.717, 1.165) is 19.4 Å². The van der Waals surface area contributed by atoms with Crippen LogP contribution in [0.15, 0.2) is 16.6 Å². The van der Waals surface area contributed by atoms with Gasteiger partial charge in [0.1, 0.15) is 5.82 Å². The van der Waals surface area contributed by atoms with E-state index >= 15 is 0 Å². The van der Waals surface area contributed by atoms with Crippen LogP contribution in [0.1, 0.15) is 19.8 Å². The lowest BCUT2D eigenvalue weighted by Crippen LogP contribution is -2.09. The smallest absolute Gasteiger partial charge is 0.201 e. The van der Waals surface area contributed by atoms with E-state index in [9.17, 15) is 4.39 Å². The average molecular weight is 330 g/mol. The van der Waals surface area contributed by atoms with Gasteiger partial charge in [-0.2, -0.15) is 0 Å². The minimum Gasteiger partial charge on any atom is -0.380 e. The van der Waals surface area contributed by atoms with Gasteiger partial charge in [-0.1, -0.05) is 13.3 Å². The lowest BCUT2D eigenvalue weighted by Gasteiger charge is -2.07. The van der Waals surface area contributed by atoms with Gasteiger partial charge in [-0.25, -0.2) is 9.37 Å². The van der Waals surface area contributed by atoms with Gasteiger partial charge >= 0.3 is 0 Å². The van der Waals surface area contributed by atoms with Crippen molar-refractivity contribution in [2.45, 2.75) is 26.3 Å². The second-order valence-electron chi connectivity index (χ2n) is 4.34. The number of imidazole rings is 1. The molecule has 2 rings (SSSR count). The molecule has 6 heteroatoms. The highest BCUT2D eigenvalue weighted by Crippen LogP contribution is 2.24. The molecule has 2 N–H and O–H groups in total. The zero-order valence-corrected chi connectivity index (χ0v) is 12.4. The summed E-state index contributed by atoms with van der Waals surface area (Å²) in [5.74, 6) is 0.0622. The highest BCUT2D eigenvalue weighted by molar-refractivity contribution is 9.10. The molecule has 0 spiro atoms. The molecule has 1 aromatic carbocycles. The molecule has 0 aliphatic carbocycles. The number of nitrogens with two attached hydrogens (primary N) is 1. The number of rotatable bonds is 6. The zero-order valence-electron chi connectivity index (χ0n) is 10.8. The van der Waals surface area contributed by atoms with E-state index in [4.69, 9.17) is 10.5 Å². The highest BCUT2D eigenvalue weighted by atomic mass is 79.9. The van der Waals surface area contributed by atoms with Crippen molar-refractivity contribution in [2.75, 3.05) is 18.9 Å². The van der Waals surface area contributed by atoms with Gasteiger partial charge in [0, 0.05) is 19.2 Å². The number of nitrogens with zero attached hydrogens (tertiary/aromatic N) is 2. The minimum atomic E-state index is -0.319. The number of fused-ring (bicyclic) bond motifs is 1. The van der Waals surface area contributed by atoms with Gasteiger partial charge in [0.15, 0.2) is 0 Å². The molecule has 1 heterocycles. The van der Waals surface area contributed by atoms with Crippen molar-refractivity contribution >= 4 is 32.9 Å². The van der Waals surface area contributed by atoms with Crippen LogP contribution >= 0.6 is 15.9 Å². The summed E-state index contributed by atoms with van der Waals surface area (Å²) in [6.45, 7) is 3.98. The standard InChI is InChI=1S/C13H17BrFN3O/c1-2-3-5-19-6-4-18-12-8-10(15)9(14)7-11(12)17-13(18)16/h7-8H,2-6H2,1H3,(H2,16,17).